The summed E-state index contributed by atoms with van der Waals surface area (Å²) in [4.78, 5) is 11.2. The summed E-state index contributed by atoms with van der Waals surface area (Å²) >= 11 is 0. The Morgan fingerprint density at radius 1 is 1.14 bits per heavy atom. The fourth-order valence-electron chi connectivity index (χ4n) is 1.15. The van der Waals surface area contributed by atoms with E-state index in [4.69, 9.17) is 9.47 Å². The highest BCUT2D eigenvalue weighted by molar-refractivity contribution is 5.79. The largest absolute Gasteiger partial charge is 0.382 e. The van der Waals surface area contributed by atoms with Gasteiger partial charge in [0.25, 0.3) is 0 Å². The maximum Gasteiger partial charge on any atom is 0.158 e. The Hall–Kier alpha value is -0.410. The molecule has 84 valence electrons. The molecule has 0 aliphatic rings. The van der Waals surface area contributed by atoms with Gasteiger partial charge in [-0.3, -0.25) is 4.79 Å². The van der Waals surface area contributed by atoms with Crippen LogP contribution in [-0.4, -0.2) is 32.7 Å². The van der Waals surface area contributed by atoms with Crippen molar-refractivity contribution in [1.29, 1.82) is 0 Å². The fraction of sp³-hybridized carbons (Fsp3) is 0.909. The summed E-state index contributed by atoms with van der Waals surface area (Å²) in [5.41, 5.74) is 0. The molecule has 0 aromatic carbocycles. The van der Waals surface area contributed by atoms with Crippen LogP contribution in [0.5, 0.6) is 0 Å². The first kappa shape index (κ1) is 13.6. The van der Waals surface area contributed by atoms with Crippen molar-refractivity contribution in [2.24, 2.45) is 0 Å². The molecule has 0 atom stereocenters. The molecule has 0 aliphatic heterocycles. The Morgan fingerprint density at radius 2 is 1.93 bits per heavy atom. The summed E-state index contributed by atoms with van der Waals surface area (Å²) in [6.07, 6.45) is 5.24. The Balaban J connectivity index is 3.11. The van der Waals surface area contributed by atoms with Crippen molar-refractivity contribution in [3.05, 3.63) is 0 Å². The number of unbranched alkanes of at least 4 members (excludes halogenated alkanes) is 3. The molecule has 0 spiro atoms. The van der Waals surface area contributed by atoms with Crippen LogP contribution >= 0.6 is 0 Å². The minimum absolute atomic E-state index is 0.206. The van der Waals surface area contributed by atoms with Crippen LogP contribution in [0.1, 0.15) is 39.0 Å². The fourth-order valence-corrected chi connectivity index (χ4v) is 1.15. The monoisotopic (exact) mass is 202 g/mol. The van der Waals surface area contributed by atoms with Crippen molar-refractivity contribution in [2.75, 3.05) is 26.9 Å². The number of carbonyl (C=O) groups is 1. The topological polar surface area (TPSA) is 35.5 Å². The molecule has 0 amide bonds. The number of carbonyl (C=O) groups excluding carboxylic acids is 1. The van der Waals surface area contributed by atoms with E-state index >= 15 is 0 Å². The molecule has 14 heavy (non-hydrogen) atoms. The second-order valence-electron chi connectivity index (χ2n) is 3.39. The lowest BCUT2D eigenvalue weighted by atomic mass is 10.1. The molecular weight excluding hydrogens is 180 g/mol. The predicted molar refractivity (Wildman–Crippen MR) is 56.5 cm³/mol. The summed E-state index contributed by atoms with van der Waals surface area (Å²) in [5.74, 6) is 0.206. The van der Waals surface area contributed by atoms with E-state index in [0.29, 0.717) is 19.6 Å². The van der Waals surface area contributed by atoms with Crippen LogP contribution in [0.25, 0.3) is 0 Å². The number of hydrogen-bond donors (Lipinski definition) is 0. The quantitative estimate of drug-likeness (QED) is 0.509. The molecule has 0 bridgehead atoms. The van der Waals surface area contributed by atoms with E-state index in [1.54, 1.807) is 7.11 Å². The van der Waals surface area contributed by atoms with Gasteiger partial charge in [-0.2, -0.15) is 0 Å². The molecular formula is C11H22O3. The lowest BCUT2D eigenvalue weighted by molar-refractivity contribution is -0.124. The van der Waals surface area contributed by atoms with Gasteiger partial charge in [0.15, 0.2) is 5.78 Å². The molecule has 0 radical (unpaired) electrons. The minimum Gasteiger partial charge on any atom is -0.382 e. The van der Waals surface area contributed by atoms with Gasteiger partial charge >= 0.3 is 0 Å². The zero-order valence-corrected chi connectivity index (χ0v) is 9.38. The first-order chi connectivity index (χ1) is 6.81. The van der Waals surface area contributed by atoms with Crippen molar-refractivity contribution >= 4 is 5.78 Å². The number of methoxy groups -OCH3 is 1. The minimum atomic E-state index is 0.206. The van der Waals surface area contributed by atoms with E-state index < -0.39 is 0 Å². The van der Waals surface area contributed by atoms with E-state index in [1.165, 1.54) is 12.8 Å². The van der Waals surface area contributed by atoms with E-state index in [2.05, 4.69) is 6.92 Å². The Kier molecular flexibility index (Phi) is 10.4. The number of ketones is 1. The van der Waals surface area contributed by atoms with Crippen molar-refractivity contribution in [3.63, 3.8) is 0 Å². The number of Topliss-reactive ketones (excluding diaryl/α,β-unsaturated/α-hetero) is 1. The zero-order chi connectivity index (χ0) is 10.6. The lowest BCUT2D eigenvalue weighted by Gasteiger charge is -2.02. The van der Waals surface area contributed by atoms with Crippen LogP contribution in [-0.2, 0) is 14.3 Å². The standard InChI is InChI=1S/C11H22O3/c1-3-4-5-6-7-11(12)10-14-9-8-13-2/h3-10H2,1-2H3. The van der Waals surface area contributed by atoms with Gasteiger partial charge < -0.3 is 9.47 Å². The van der Waals surface area contributed by atoms with Gasteiger partial charge in [0.1, 0.15) is 6.61 Å². The van der Waals surface area contributed by atoms with Crippen molar-refractivity contribution in [1.82, 2.24) is 0 Å². The SMILES string of the molecule is CCCCCCC(=O)COCCOC. The van der Waals surface area contributed by atoms with Crippen LogP contribution < -0.4 is 0 Å². The molecule has 0 unspecified atom stereocenters. The summed E-state index contributed by atoms with van der Waals surface area (Å²) in [7, 11) is 1.62. The average Bonchev–Trinajstić information content (AvgIpc) is 2.19. The van der Waals surface area contributed by atoms with Gasteiger partial charge in [0.2, 0.25) is 0 Å². The average molecular weight is 202 g/mol. The predicted octanol–water partition coefficient (Wildman–Crippen LogP) is 2.19. The third-order valence-electron chi connectivity index (χ3n) is 2.00. The molecule has 0 aromatic rings. The van der Waals surface area contributed by atoms with E-state index in [1.807, 2.05) is 0 Å². The van der Waals surface area contributed by atoms with Crippen LogP contribution in [0.4, 0.5) is 0 Å². The summed E-state index contributed by atoms with van der Waals surface area (Å²) in [6, 6.07) is 0. The molecule has 0 aromatic heterocycles. The number of hydrogen-bond acceptors (Lipinski definition) is 3. The molecule has 0 aliphatic carbocycles. The zero-order valence-electron chi connectivity index (χ0n) is 9.38. The Bertz CT molecular complexity index is 120. The first-order valence-corrected chi connectivity index (χ1v) is 5.39. The van der Waals surface area contributed by atoms with Gasteiger partial charge in [-0.25, -0.2) is 0 Å². The third kappa shape index (κ3) is 9.68. The molecule has 3 heteroatoms. The van der Waals surface area contributed by atoms with E-state index in [-0.39, 0.29) is 12.4 Å². The maximum atomic E-state index is 11.2. The molecule has 0 saturated carbocycles. The highest BCUT2D eigenvalue weighted by Gasteiger charge is 2.01. The van der Waals surface area contributed by atoms with Crippen LogP contribution in [0.3, 0.4) is 0 Å². The third-order valence-corrected chi connectivity index (χ3v) is 2.00. The molecule has 0 N–H and O–H groups in total. The molecule has 0 saturated heterocycles. The molecule has 0 fully saturated rings. The van der Waals surface area contributed by atoms with Crippen LogP contribution in [0, 0.1) is 0 Å². The molecule has 0 rings (SSSR count). The van der Waals surface area contributed by atoms with Gasteiger partial charge in [0, 0.05) is 13.5 Å². The summed E-state index contributed by atoms with van der Waals surface area (Å²) in [5, 5.41) is 0. The molecule has 0 heterocycles. The highest BCUT2D eigenvalue weighted by Crippen LogP contribution is 2.02. The Labute approximate surface area is 86.8 Å². The van der Waals surface area contributed by atoms with Crippen molar-refractivity contribution in [2.45, 2.75) is 39.0 Å². The summed E-state index contributed by atoms with van der Waals surface area (Å²) < 4.78 is 9.92. The molecule has 3 nitrogen and oxygen atoms in total. The van der Waals surface area contributed by atoms with Crippen molar-refractivity contribution < 1.29 is 14.3 Å². The lowest BCUT2D eigenvalue weighted by Crippen LogP contribution is -2.11. The maximum absolute atomic E-state index is 11.2. The van der Waals surface area contributed by atoms with Gasteiger partial charge in [0.05, 0.1) is 13.2 Å². The normalized spacial score (nSPS) is 10.4. The Morgan fingerprint density at radius 3 is 2.57 bits per heavy atom. The summed E-state index contributed by atoms with van der Waals surface area (Å²) in [6.45, 7) is 3.48. The first-order valence-electron chi connectivity index (χ1n) is 5.39. The smallest absolute Gasteiger partial charge is 0.158 e. The van der Waals surface area contributed by atoms with Crippen LogP contribution in [0.2, 0.25) is 0 Å². The van der Waals surface area contributed by atoms with E-state index in [9.17, 15) is 4.79 Å². The van der Waals surface area contributed by atoms with Crippen LogP contribution in [0.15, 0.2) is 0 Å². The van der Waals surface area contributed by atoms with Gasteiger partial charge in [-0.1, -0.05) is 26.2 Å². The van der Waals surface area contributed by atoms with E-state index in [0.717, 1.165) is 12.8 Å². The van der Waals surface area contributed by atoms with Crippen molar-refractivity contribution in [3.8, 4) is 0 Å². The number of ether oxygens (including phenoxy) is 2. The highest BCUT2D eigenvalue weighted by atomic mass is 16.5. The second-order valence-corrected chi connectivity index (χ2v) is 3.39. The second kappa shape index (κ2) is 10.7. The van der Waals surface area contributed by atoms with Gasteiger partial charge in [-0.15, -0.1) is 0 Å². The van der Waals surface area contributed by atoms with Gasteiger partial charge in [-0.05, 0) is 6.42 Å². The number of rotatable bonds is 10.